The number of rotatable bonds is 6. The Kier molecular flexibility index (Phi) is 5.41. The first-order valence-corrected chi connectivity index (χ1v) is 6.14. The van der Waals surface area contributed by atoms with Crippen molar-refractivity contribution >= 4 is 5.69 Å². The van der Waals surface area contributed by atoms with E-state index in [4.69, 9.17) is 0 Å². The van der Waals surface area contributed by atoms with Crippen LogP contribution in [0.15, 0.2) is 12.1 Å². The first kappa shape index (κ1) is 15.6. The standard InChI is InChI=1S/C13H20N2O4/c1-8-6-9(2)12(10(7-8)15(18)19)13(17)11(16)4-5-14-3/h6-7,11,13-14,16-17H,4-5H2,1-3H3. The van der Waals surface area contributed by atoms with Crippen molar-refractivity contribution in [3.8, 4) is 0 Å². The Morgan fingerprint density at radius 2 is 2.00 bits per heavy atom. The van der Waals surface area contributed by atoms with E-state index in [1.807, 2.05) is 0 Å². The van der Waals surface area contributed by atoms with E-state index in [9.17, 15) is 20.3 Å². The molecule has 3 N–H and O–H groups in total. The van der Waals surface area contributed by atoms with Gasteiger partial charge < -0.3 is 15.5 Å². The Morgan fingerprint density at radius 1 is 1.37 bits per heavy atom. The highest BCUT2D eigenvalue weighted by Crippen LogP contribution is 2.32. The molecule has 0 radical (unpaired) electrons. The maximum atomic E-state index is 11.1. The Morgan fingerprint density at radius 3 is 2.53 bits per heavy atom. The highest BCUT2D eigenvalue weighted by atomic mass is 16.6. The molecule has 2 atom stereocenters. The molecule has 0 aliphatic rings. The van der Waals surface area contributed by atoms with Crippen LogP contribution < -0.4 is 5.32 Å². The molecule has 0 saturated heterocycles. The summed E-state index contributed by atoms with van der Waals surface area (Å²) in [5, 5.41) is 34.0. The summed E-state index contributed by atoms with van der Waals surface area (Å²) in [5.74, 6) is 0. The quantitative estimate of drug-likeness (QED) is 0.532. The molecular formula is C13H20N2O4. The number of benzene rings is 1. The van der Waals surface area contributed by atoms with Gasteiger partial charge >= 0.3 is 0 Å². The molecule has 0 amide bonds. The summed E-state index contributed by atoms with van der Waals surface area (Å²) in [4.78, 5) is 10.5. The molecule has 0 heterocycles. The molecule has 1 aromatic rings. The molecule has 6 heteroatoms. The molecular weight excluding hydrogens is 248 g/mol. The number of nitrogens with zero attached hydrogens (tertiary/aromatic N) is 1. The Hall–Kier alpha value is -1.50. The lowest BCUT2D eigenvalue weighted by Gasteiger charge is -2.20. The largest absolute Gasteiger partial charge is 0.390 e. The normalized spacial score (nSPS) is 14.2. The average Bonchev–Trinajstić information content (AvgIpc) is 2.34. The molecule has 0 bridgehead atoms. The van der Waals surface area contributed by atoms with Crippen molar-refractivity contribution in [2.45, 2.75) is 32.5 Å². The van der Waals surface area contributed by atoms with Crippen LogP contribution in [0.4, 0.5) is 5.69 Å². The summed E-state index contributed by atoms with van der Waals surface area (Å²) in [7, 11) is 1.73. The van der Waals surface area contributed by atoms with Gasteiger partial charge in [-0.1, -0.05) is 6.07 Å². The fraction of sp³-hybridized carbons (Fsp3) is 0.538. The SMILES string of the molecule is CNCCC(O)C(O)c1c(C)cc(C)cc1[N+](=O)[O-]. The number of aliphatic hydroxyl groups excluding tert-OH is 2. The fourth-order valence-corrected chi connectivity index (χ4v) is 2.13. The van der Waals surface area contributed by atoms with Crippen molar-refractivity contribution in [3.63, 3.8) is 0 Å². The second kappa shape index (κ2) is 6.60. The number of nitro benzene ring substituents is 1. The van der Waals surface area contributed by atoms with E-state index in [-0.39, 0.29) is 11.3 Å². The third kappa shape index (κ3) is 3.73. The number of hydrogen-bond donors (Lipinski definition) is 3. The molecule has 0 fully saturated rings. The summed E-state index contributed by atoms with van der Waals surface area (Å²) < 4.78 is 0. The van der Waals surface area contributed by atoms with Crippen LogP contribution in [0.3, 0.4) is 0 Å². The number of hydrogen-bond acceptors (Lipinski definition) is 5. The molecule has 0 spiro atoms. The lowest BCUT2D eigenvalue weighted by atomic mass is 9.94. The van der Waals surface area contributed by atoms with Crippen LogP contribution in [0.1, 0.15) is 29.2 Å². The Labute approximate surface area is 112 Å². The predicted molar refractivity (Wildman–Crippen MR) is 72.1 cm³/mol. The molecule has 106 valence electrons. The summed E-state index contributed by atoms with van der Waals surface area (Å²) >= 11 is 0. The van der Waals surface area contributed by atoms with E-state index < -0.39 is 17.1 Å². The van der Waals surface area contributed by atoms with E-state index in [1.165, 1.54) is 6.07 Å². The molecule has 1 rings (SSSR count). The minimum Gasteiger partial charge on any atom is -0.390 e. The van der Waals surface area contributed by atoms with Crippen LogP contribution in [0, 0.1) is 24.0 Å². The van der Waals surface area contributed by atoms with Crippen LogP contribution in [0.2, 0.25) is 0 Å². The van der Waals surface area contributed by atoms with Crippen LogP contribution >= 0.6 is 0 Å². The minimum absolute atomic E-state index is 0.145. The lowest BCUT2D eigenvalue weighted by molar-refractivity contribution is -0.386. The van der Waals surface area contributed by atoms with Crippen LogP contribution in [0.5, 0.6) is 0 Å². The van der Waals surface area contributed by atoms with Crippen LogP contribution in [0.25, 0.3) is 0 Å². The van der Waals surface area contributed by atoms with Crippen molar-refractivity contribution in [2.75, 3.05) is 13.6 Å². The smallest absolute Gasteiger partial charge is 0.275 e. The van der Waals surface area contributed by atoms with E-state index >= 15 is 0 Å². The molecule has 1 aromatic carbocycles. The molecule has 19 heavy (non-hydrogen) atoms. The summed E-state index contributed by atoms with van der Waals surface area (Å²) in [5.41, 5.74) is 1.42. The number of aliphatic hydroxyl groups is 2. The number of nitro groups is 1. The van der Waals surface area contributed by atoms with Gasteiger partial charge in [-0.05, 0) is 45.0 Å². The second-order valence-corrected chi connectivity index (χ2v) is 4.68. The molecule has 0 saturated carbocycles. The van der Waals surface area contributed by atoms with Crippen LogP contribution in [-0.2, 0) is 0 Å². The van der Waals surface area contributed by atoms with Gasteiger partial charge in [-0.3, -0.25) is 10.1 Å². The van der Waals surface area contributed by atoms with Gasteiger partial charge in [0.05, 0.1) is 16.6 Å². The van der Waals surface area contributed by atoms with Crippen molar-refractivity contribution in [3.05, 3.63) is 38.9 Å². The first-order valence-electron chi connectivity index (χ1n) is 6.14. The highest BCUT2D eigenvalue weighted by molar-refractivity contribution is 5.49. The number of aryl methyl sites for hydroxylation is 2. The average molecular weight is 268 g/mol. The molecule has 0 aromatic heterocycles. The molecule has 0 aliphatic heterocycles. The zero-order valence-electron chi connectivity index (χ0n) is 11.4. The van der Waals surface area contributed by atoms with E-state index in [0.29, 0.717) is 18.5 Å². The second-order valence-electron chi connectivity index (χ2n) is 4.68. The van der Waals surface area contributed by atoms with Gasteiger partial charge in [0, 0.05) is 6.07 Å². The van der Waals surface area contributed by atoms with Gasteiger partial charge in [-0.2, -0.15) is 0 Å². The minimum atomic E-state index is -1.26. The molecule has 6 nitrogen and oxygen atoms in total. The maximum absolute atomic E-state index is 11.1. The van der Waals surface area contributed by atoms with Crippen molar-refractivity contribution in [1.82, 2.24) is 5.32 Å². The predicted octanol–water partition coefficient (Wildman–Crippen LogP) is 1.22. The molecule has 0 aliphatic carbocycles. The third-order valence-electron chi connectivity index (χ3n) is 3.06. The van der Waals surface area contributed by atoms with Gasteiger partial charge in [-0.15, -0.1) is 0 Å². The third-order valence-corrected chi connectivity index (χ3v) is 3.06. The Balaban J connectivity index is 3.14. The summed E-state index contributed by atoms with van der Waals surface area (Å²) in [6.07, 6.45) is -1.97. The van der Waals surface area contributed by atoms with Crippen molar-refractivity contribution in [2.24, 2.45) is 0 Å². The fourth-order valence-electron chi connectivity index (χ4n) is 2.13. The van der Waals surface area contributed by atoms with E-state index in [2.05, 4.69) is 5.32 Å². The van der Waals surface area contributed by atoms with Gasteiger partial charge in [-0.25, -0.2) is 0 Å². The monoisotopic (exact) mass is 268 g/mol. The summed E-state index contributed by atoms with van der Waals surface area (Å²) in [6.45, 7) is 3.98. The van der Waals surface area contributed by atoms with Crippen LogP contribution in [-0.4, -0.2) is 34.8 Å². The zero-order chi connectivity index (χ0) is 14.6. The first-order chi connectivity index (χ1) is 8.88. The van der Waals surface area contributed by atoms with Gasteiger partial charge in [0.25, 0.3) is 5.69 Å². The van der Waals surface area contributed by atoms with Gasteiger partial charge in [0.15, 0.2) is 0 Å². The maximum Gasteiger partial charge on any atom is 0.275 e. The van der Waals surface area contributed by atoms with E-state index in [0.717, 1.165) is 5.56 Å². The summed E-state index contributed by atoms with van der Waals surface area (Å²) in [6, 6.07) is 3.17. The number of nitrogens with one attached hydrogen (secondary N) is 1. The zero-order valence-corrected chi connectivity index (χ0v) is 11.4. The topological polar surface area (TPSA) is 95.6 Å². The van der Waals surface area contributed by atoms with Gasteiger partial charge in [0.1, 0.15) is 6.10 Å². The van der Waals surface area contributed by atoms with Gasteiger partial charge in [0.2, 0.25) is 0 Å². The highest BCUT2D eigenvalue weighted by Gasteiger charge is 2.28. The van der Waals surface area contributed by atoms with Crippen molar-refractivity contribution < 1.29 is 15.1 Å². The lowest BCUT2D eigenvalue weighted by Crippen LogP contribution is -2.24. The molecule has 2 unspecified atom stereocenters. The Bertz CT molecular complexity index is 462. The van der Waals surface area contributed by atoms with E-state index in [1.54, 1.807) is 27.0 Å². The van der Waals surface area contributed by atoms with Crippen molar-refractivity contribution in [1.29, 1.82) is 0 Å².